The van der Waals surface area contributed by atoms with Crippen molar-refractivity contribution in [2.75, 3.05) is 5.32 Å². The molecule has 0 saturated carbocycles. The Bertz CT molecular complexity index is 1290. The van der Waals surface area contributed by atoms with E-state index in [1.54, 1.807) is 17.5 Å². The summed E-state index contributed by atoms with van der Waals surface area (Å²) in [5.41, 5.74) is 1.34. The summed E-state index contributed by atoms with van der Waals surface area (Å²) in [6.45, 7) is -0.270. The number of carbonyl (C=O) groups excluding carboxylic acids is 1. The van der Waals surface area contributed by atoms with Gasteiger partial charge in [0.2, 0.25) is 5.91 Å². The monoisotopic (exact) mass is 461 g/mol. The van der Waals surface area contributed by atoms with Gasteiger partial charge in [0.15, 0.2) is 0 Å². The zero-order valence-corrected chi connectivity index (χ0v) is 17.4. The summed E-state index contributed by atoms with van der Waals surface area (Å²) in [6.07, 6.45) is 1.30. The zero-order valence-electron chi connectivity index (χ0n) is 15.7. The number of anilines is 1. The lowest BCUT2D eigenvalue weighted by atomic mass is 10.1. The van der Waals surface area contributed by atoms with Gasteiger partial charge in [0, 0.05) is 21.5 Å². The number of rotatable bonds is 6. The largest absolute Gasteiger partial charge is 0.325 e. The number of hydrogen-bond donors (Lipinski definition) is 1. The van der Waals surface area contributed by atoms with Gasteiger partial charge in [0.05, 0.1) is 11.7 Å². The van der Waals surface area contributed by atoms with Gasteiger partial charge in [-0.1, -0.05) is 23.9 Å². The van der Waals surface area contributed by atoms with E-state index in [9.17, 15) is 22.8 Å². The van der Waals surface area contributed by atoms with Crippen LogP contribution in [0.1, 0.15) is 0 Å². The molecule has 0 radical (unpaired) electrons. The van der Waals surface area contributed by atoms with Gasteiger partial charge in [-0.15, -0.1) is 11.3 Å². The van der Waals surface area contributed by atoms with Crippen LogP contribution in [0.3, 0.4) is 0 Å². The minimum Gasteiger partial charge on any atom is -0.325 e. The van der Waals surface area contributed by atoms with E-state index in [4.69, 9.17) is 0 Å². The summed E-state index contributed by atoms with van der Waals surface area (Å²) < 4.78 is 39.2. The van der Waals surface area contributed by atoms with Crippen molar-refractivity contribution in [2.45, 2.75) is 17.2 Å². The fraction of sp³-hybridized carbons (Fsp3) is 0.0952. The number of carbonyl (C=O) groups is 1. The molecule has 0 fully saturated rings. The third kappa shape index (κ3) is 4.80. The lowest BCUT2D eigenvalue weighted by molar-refractivity contribution is -0.116. The van der Waals surface area contributed by atoms with Gasteiger partial charge in [-0.05, 0) is 42.0 Å². The lowest BCUT2D eigenvalue weighted by Crippen LogP contribution is -2.27. The van der Waals surface area contributed by atoms with Crippen molar-refractivity contribution in [3.05, 3.63) is 76.4 Å². The maximum atomic E-state index is 13.2. The molecular formula is C21H14F3N3O2S2. The Hall–Kier alpha value is -3.11. The smallest absolute Gasteiger partial charge is 0.288 e. The normalized spacial score (nSPS) is 11.2. The van der Waals surface area contributed by atoms with Crippen LogP contribution in [0.2, 0.25) is 0 Å². The average Bonchev–Trinajstić information content (AvgIpc) is 3.17. The molecule has 0 spiro atoms. The van der Waals surface area contributed by atoms with Crippen molar-refractivity contribution < 1.29 is 18.0 Å². The molecule has 5 nitrogen and oxygen atoms in total. The molecule has 0 unspecified atom stereocenters. The summed E-state index contributed by atoms with van der Waals surface area (Å²) in [5, 5.41) is 4.77. The van der Waals surface area contributed by atoms with Gasteiger partial charge in [0.1, 0.15) is 17.2 Å². The fourth-order valence-electron chi connectivity index (χ4n) is 3.00. The molecule has 0 aliphatic heterocycles. The maximum Gasteiger partial charge on any atom is 0.288 e. The molecule has 10 heteroatoms. The summed E-state index contributed by atoms with van der Waals surface area (Å²) in [5.74, 6) is -3.36. The number of benzene rings is 2. The molecule has 2 aromatic heterocycles. The SMILES string of the molecule is O=C(Cn1cnc2scc(-c3ccc(F)cc3)c2c1=O)Nc1ccc(SC(F)F)cc1. The van der Waals surface area contributed by atoms with Crippen LogP contribution in [0.25, 0.3) is 21.3 Å². The van der Waals surface area contributed by atoms with Crippen molar-refractivity contribution >= 4 is 44.9 Å². The Morgan fingerprint density at radius 2 is 1.84 bits per heavy atom. The highest BCUT2D eigenvalue weighted by Crippen LogP contribution is 2.30. The molecule has 0 aliphatic carbocycles. The molecule has 31 heavy (non-hydrogen) atoms. The summed E-state index contributed by atoms with van der Waals surface area (Å²) in [6, 6.07) is 11.8. The topological polar surface area (TPSA) is 64.0 Å². The highest BCUT2D eigenvalue weighted by Gasteiger charge is 2.15. The van der Waals surface area contributed by atoms with Crippen molar-refractivity contribution in [1.29, 1.82) is 0 Å². The molecule has 2 heterocycles. The first-order valence-corrected chi connectivity index (χ1v) is 10.7. The van der Waals surface area contributed by atoms with E-state index in [0.717, 1.165) is 0 Å². The first-order chi connectivity index (χ1) is 14.9. The molecule has 0 saturated heterocycles. The minimum atomic E-state index is -2.52. The Balaban J connectivity index is 1.55. The molecular weight excluding hydrogens is 447 g/mol. The number of alkyl halides is 2. The van der Waals surface area contributed by atoms with Crippen molar-refractivity contribution in [2.24, 2.45) is 0 Å². The Labute approximate surface area is 182 Å². The number of amides is 1. The molecule has 1 N–H and O–H groups in total. The summed E-state index contributed by atoms with van der Waals surface area (Å²) in [7, 11) is 0. The van der Waals surface area contributed by atoms with Crippen molar-refractivity contribution in [1.82, 2.24) is 9.55 Å². The van der Waals surface area contributed by atoms with Crippen LogP contribution in [0, 0.1) is 5.82 Å². The van der Waals surface area contributed by atoms with Crippen LogP contribution >= 0.6 is 23.1 Å². The van der Waals surface area contributed by atoms with E-state index < -0.39 is 11.7 Å². The first-order valence-electron chi connectivity index (χ1n) is 8.98. The standard InChI is InChI=1S/C21H14F3N3O2S2/c22-13-3-1-12(2-4-13)16-10-30-19-18(16)20(29)27(11-25-19)9-17(28)26-14-5-7-15(8-6-14)31-21(23)24/h1-8,10-11,21H,9H2,(H,26,28). The zero-order chi connectivity index (χ0) is 22.0. The van der Waals surface area contributed by atoms with E-state index in [2.05, 4.69) is 10.3 Å². The number of aromatic nitrogens is 2. The highest BCUT2D eigenvalue weighted by atomic mass is 32.2. The number of nitrogens with zero attached hydrogens (tertiary/aromatic N) is 2. The average molecular weight is 461 g/mol. The van der Waals surface area contributed by atoms with Gasteiger partial charge in [-0.2, -0.15) is 8.78 Å². The molecule has 4 rings (SSSR count). The molecule has 0 aliphatic rings. The second kappa shape index (κ2) is 8.94. The molecule has 0 bridgehead atoms. The van der Waals surface area contributed by atoms with E-state index in [1.165, 1.54) is 58.6 Å². The highest BCUT2D eigenvalue weighted by molar-refractivity contribution is 7.99. The van der Waals surface area contributed by atoms with Gasteiger partial charge >= 0.3 is 0 Å². The second-order valence-electron chi connectivity index (χ2n) is 6.47. The number of nitrogens with one attached hydrogen (secondary N) is 1. The Kier molecular flexibility index (Phi) is 6.10. The van der Waals surface area contributed by atoms with E-state index in [-0.39, 0.29) is 17.9 Å². The van der Waals surface area contributed by atoms with Crippen LogP contribution in [-0.2, 0) is 11.3 Å². The summed E-state index contributed by atoms with van der Waals surface area (Å²) >= 11 is 1.70. The van der Waals surface area contributed by atoms with Gasteiger partial charge in [0.25, 0.3) is 11.3 Å². The molecule has 4 aromatic rings. The number of hydrogen-bond acceptors (Lipinski definition) is 5. The van der Waals surface area contributed by atoms with Gasteiger partial charge in [-0.25, -0.2) is 9.37 Å². The van der Waals surface area contributed by atoms with E-state index in [1.807, 2.05) is 0 Å². The minimum absolute atomic E-state index is 0.270. The van der Waals surface area contributed by atoms with Crippen LogP contribution in [0.4, 0.5) is 18.9 Å². The molecule has 2 aromatic carbocycles. The van der Waals surface area contributed by atoms with Crippen molar-refractivity contribution in [3.8, 4) is 11.1 Å². The predicted octanol–water partition coefficient (Wildman–Crippen LogP) is 5.22. The lowest BCUT2D eigenvalue weighted by Gasteiger charge is -2.08. The van der Waals surface area contributed by atoms with Gasteiger partial charge < -0.3 is 5.32 Å². The Morgan fingerprint density at radius 1 is 1.13 bits per heavy atom. The molecule has 1 amide bonds. The third-order valence-electron chi connectivity index (χ3n) is 4.39. The number of thioether (sulfide) groups is 1. The van der Waals surface area contributed by atoms with Crippen molar-refractivity contribution in [3.63, 3.8) is 0 Å². The van der Waals surface area contributed by atoms with Crippen LogP contribution < -0.4 is 10.9 Å². The molecule has 158 valence electrons. The fourth-order valence-corrected chi connectivity index (χ4v) is 4.40. The van der Waals surface area contributed by atoms with E-state index >= 15 is 0 Å². The number of thiophene rings is 1. The third-order valence-corrected chi connectivity index (χ3v) is 6.00. The molecule has 0 atom stereocenters. The quantitative estimate of drug-likeness (QED) is 0.400. The number of halogens is 3. The van der Waals surface area contributed by atoms with Crippen LogP contribution in [0.5, 0.6) is 0 Å². The van der Waals surface area contributed by atoms with Crippen LogP contribution in [-0.4, -0.2) is 21.2 Å². The first kappa shape index (κ1) is 21.1. The van der Waals surface area contributed by atoms with Gasteiger partial charge in [-0.3, -0.25) is 14.2 Å². The predicted molar refractivity (Wildman–Crippen MR) is 116 cm³/mol. The summed E-state index contributed by atoms with van der Waals surface area (Å²) in [4.78, 5) is 30.5. The van der Waals surface area contributed by atoms with E-state index in [0.29, 0.717) is 43.7 Å². The second-order valence-corrected chi connectivity index (χ2v) is 8.39. The Morgan fingerprint density at radius 3 is 2.52 bits per heavy atom. The number of fused-ring (bicyclic) bond motifs is 1. The maximum absolute atomic E-state index is 13.2. The van der Waals surface area contributed by atoms with Crippen LogP contribution in [0.15, 0.2) is 69.9 Å².